The van der Waals surface area contributed by atoms with Gasteiger partial charge in [-0.25, -0.2) is 4.98 Å². The number of rotatable bonds is 7. The number of carboxylic acid groups (broad SMARTS) is 1. The highest BCUT2D eigenvalue weighted by Gasteiger charge is 2.25. The third kappa shape index (κ3) is 5.30. The molecule has 2 aromatic carbocycles. The summed E-state index contributed by atoms with van der Waals surface area (Å²) < 4.78 is 5.95. The molecule has 1 unspecified atom stereocenters. The van der Waals surface area contributed by atoms with Crippen LogP contribution in [0.1, 0.15) is 29.5 Å². The van der Waals surface area contributed by atoms with Gasteiger partial charge in [-0.2, -0.15) is 0 Å². The summed E-state index contributed by atoms with van der Waals surface area (Å²) in [5.41, 5.74) is 5.84. The molecule has 1 atom stereocenters. The number of carbonyl (C=O) groups is 1. The zero-order chi connectivity index (χ0) is 21.6. The van der Waals surface area contributed by atoms with E-state index in [1.165, 1.54) is 16.7 Å². The van der Waals surface area contributed by atoms with Crippen LogP contribution in [-0.2, 0) is 17.9 Å². The van der Waals surface area contributed by atoms with Crippen LogP contribution in [0.3, 0.4) is 0 Å². The van der Waals surface area contributed by atoms with E-state index in [4.69, 9.17) is 4.74 Å². The molecule has 1 N–H and O–H groups in total. The Morgan fingerprint density at radius 2 is 1.97 bits per heavy atom. The number of benzene rings is 2. The Kier molecular flexibility index (Phi) is 6.63. The topological polar surface area (TPSA) is 62.7 Å². The largest absolute Gasteiger partial charge is 0.481 e. The fourth-order valence-electron chi connectivity index (χ4n) is 4.17. The predicted molar refractivity (Wildman–Crippen MR) is 121 cm³/mol. The van der Waals surface area contributed by atoms with Crippen LogP contribution in [0.5, 0.6) is 5.88 Å². The molecule has 5 heteroatoms. The zero-order valence-corrected chi connectivity index (χ0v) is 17.8. The van der Waals surface area contributed by atoms with Gasteiger partial charge in [-0.05, 0) is 54.1 Å². The van der Waals surface area contributed by atoms with E-state index >= 15 is 0 Å². The highest BCUT2D eigenvalue weighted by Crippen LogP contribution is 2.26. The van der Waals surface area contributed by atoms with E-state index in [2.05, 4.69) is 59.3 Å². The van der Waals surface area contributed by atoms with Crippen LogP contribution in [0, 0.1) is 12.8 Å². The number of aliphatic carboxylic acids is 1. The van der Waals surface area contributed by atoms with Crippen LogP contribution in [0.2, 0.25) is 0 Å². The lowest BCUT2D eigenvalue weighted by atomic mass is 9.97. The summed E-state index contributed by atoms with van der Waals surface area (Å²) in [4.78, 5) is 17.9. The van der Waals surface area contributed by atoms with E-state index in [9.17, 15) is 9.90 Å². The molecule has 0 spiro atoms. The third-order valence-corrected chi connectivity index (χ3v) is 5.96. The molecule has 0 saturated carbocycles. The number of carboxylic acids is 1. The maximum atomic E-state index is 11.3. The predicted octanol–water partition coefficient (Wildman–Crippen LogP) is 4.93. The Balaban J connectivity index is 1.36. The van der Waals surface area contributed by atoms with Crippen LogP contribution >= 0.6 is 0 Å². The second-order valence-corrected chi connectivity index (χ2v) is 8.16. The van der Waals surface area contributed by atoms with Crippen molar-refractivity contribution in [1.29, 1.82) is 0 Å². The Morgan fingerprint density at radius 1 is 1.13 bits per heavy atom. The van der Waals surface area contributed by atoms with Gasteiger partial charge in [0.15, 0.2) is 0 Å². The highest BCUT2D eigenvalue weighted by atomic mass is 16.5. The summed E-state index contributed by atoms with van der Waals surface area (Å²) >= 11 is 0. The lowest BCUT2D eigenvalue weighted by Crippen LogP contribution is -2.38. The van der Waals surface area contributed by atoms with Gasteiger partial charge in [-0.3, -0.25) is 9.69 Å². The SMILES string of the molecule is Cc1c(COc2ccc(CN3CCCC(C(=O)O)C3)cn2)cccc1-c1ccccc1. The monoisotopic (exact) mass is 416 g/mol. The molecule has 0 aliphatic carbocycles. The van der Waals surface area contributed by atoms with Crippen molar-refractivity contribution in [2.24, 2.45) is 5.92 Å². The fourth-order valence-corrected chi connectivity index (χ4v) is 4.17. The van der Waals surface area contributed by atoms with Gasteiger partial charge in [0.05, 0.1) is 5.92 Å². The minimum atomic E-state index is -0.696. The van der Waals surface area contributed by atoms with E-state index in [0.29, 0.717) is 19.0 Å². The summed E-state index contributed by atoms with van der Waals surface area (Å²) in [5, 5.41) is 9.26. The molecule has 1 saturated heterocycles. The quantitative estimate of drug-likeness (QED) is 0.592. The molecule has 1 aromatic heterocycles. The molecule has 0 bridgehead atoms. The molecule has 0 radical (unpaired) electrons. The molecular formula is C26H28N2O3. The number of pyridine rings is 1. The van der Waals surface area contributed by atoms with Crippen molar-refractivity contribution >= 4 is 5.97 Å². The molecule has 2 heterocycles. The van der Waals surface area contributed by atoms with Crippen molar-refractivity contribution in [2.75, 3.05) is 13.1 Å². The van der Waals surface area contributed by atoms with Crippen molar-refractivity contribution in [3.05, 3.63) is 83.6 Å². The average molecular weight is 417 g/mol. The molecule has 160 valence electrons. The van der Waals surface area contributed by atoms with E-state index in [1.807, 2.05) is 24.4 Å². The summed E-state index contributed by atoms with van der Waals surface area (Å²) in [6, 6.07) is 20.6. The fraction of sp³-hybridized carbons (Fsp3) is 0.308. The Morgan fingerprint density at radius 3 is 2.71 bits per heavy atom. The first-order chi connectivity index (χ1) is 15.1. The summed E-state index contributed by atoms with van der Waals surface area (Å²) in [5.74, 6) is -0.368. The molecule has 3 aromatic rings. The first-order valence-electron chi connectivity index (χ1n) is 10.8. The second-order valence-electron chi connectivity index (χ2n) is 8.16. The maximum Gasteiger partial charge on any atom is 0.307 e. The molecule has 31 heavy (non-hydrogen) atoms. The average Bonchev–Trinajstić information content (AvgIpc) is 2.80. The molecule has 1 fully saturated rings. The number of aromatic nitrogens is 1. The first kappa shape index (κ1) is 21.1. The normalized spacial score (nSPS) is 16.7. The summed E-state index contributed by atoms with van der Waals surface area (Å²) in [6.45, 7) is 4.84. The number of hydrogen-bond acceptors (Lipinski definition) is 4. The van der Waals surface area contributed by atoms with Gasteiger partial charge in [-0.1, -0.05) is 54.6 Å². The Bertz CT molecular complexity index is 1020. The van der Waals surface area contributed by atoms with Crippen molar-refractivity contribution in [3.8, 4) is 17.0 Å². The molecule has 4 rings (SSSR count). The van der Waals surface area contributed by atoms with Gasteiger partial charge < -0.3 is 9.84 Å². The van der Waals surface area contributed by atoms with Crippen LogP contribution in [-0.4, -0.2) is 34.0 Å². The number of likely N-dealkylation sites (tertiary alicyclic amines) is 1. The molecular weight excluding hydrogens is 388 g/mol. The molecule has 0 amide bonds. The van der Waals surface area contributed by atoms with Gasteiger partial charge in [0.2, 0.25) is 5.88 Å². The van der Waals surface area contributed by atoms with Crippen molar-refractivity contribution < 1.29 is 14.6 Å². The number of hydrogen-bond donors (Lipinski definition) is 1. The molecule has 1 aliphatic heterocycles. The molecule has 1 aliphatic rings. The van der Waals surface area contributed by atoms with Gasteiger partial charge in [-0.15, -0.1) is 0 Å². The van der Waals surface area contributed by atoms with Crippen LogP contribution < -0.4 is 4.74 Å². The lowest BCUT2D eigenvalue weighted by molar-refractivity contribution is -0.143. The first-order valence-corrected chi connectivity index (χ1v) is 10.8. The maximum absolute atomic E-state index is 11.3. The van der Waals surface area contributed by atoms with Gasteiger partial charge >= 0.3 is 5.97 Å². The highest BCUT2D eigenvalue weighted by molar-refractivity contribution is 5.70. The van der Waals surface area contributed by atoms with E-state index in [-0.39, 0.29) is 5.92 Å². The minimum absolute atomic E-state index is 0.265. The number of ether oxygens (including phenoxy) is 1. The summed E-state index contributed by atoms with van der Waals surface area (Å²) in [7, 11) is 0. The standard InChI is InChI=1S/C26H28N2O3/c1-19-23(9-5-11-24(19)21-7-3-2-4-8-21)18-31-25-13-12-20(15-27-25)16-28-14-6-10-22(17-28)26(29)30/h2-5,7-9,11-13,15,22H,6,10,14,16-18H2,1H3,(H,29,30). The summed E-state index contributed by atoms with van der Waals surface area (Å²) in [6.07, 6.45) is 3.52. The van der Waals surface area contributed by atoms with E-state index in [1.54, 1.807) is 0 Å². The molecule has 5 nitrogen and oxygen atoms in total. The van der Waals surface area contributed by atoms with Crippen molar-refractivity contribution in [3.63, 3.8) is 0 Å². The van der Waals surface area contributed by atoms with Gasteiger partial charge in [0, 0.05) is 25.4 Å². The van der Waals surface area contributed by atoms with Gasteiger partial charge in [0.25, 0.3) is 0 Å². The third-order valence-electron chi connectivity index (χ3n) is 5.96. The van der Waals surface area contributed by atoms with Crippen LogP contribution in [0.4, 0.5) is 0 Å². The zero-order valence-electron chi connectivity index (χ0n) is 17.8. The smallest absolute Gasteiger partial charge is 0.307 e. The number of piperidine rings is 1. The Hall–Kier alpha value is -3.18. The van der Waals surface area contributed by atoms with E-state index < -0.39 is 5.97 Å². The van der Waals surface area contributed by atoms with Crippen LogP contribution in [0.15, 0.2) is 66.9 Å². The van der Waals surface area contributed by atoms with Gasteiger partial charge in [0.1, 0.15) is 6.61 Å². The second kappa shape index (κ2) is 9.75. The van der Waals surface area contributed by atoms with Crippen molar-refractivity contribution in [2.45, 2.75) is 32.9 Å². The van der Waals surface area contributed by atoms with E-state index in [0.717, 1.165) is 37.1 Å². The van der Waals surface area contributed by atoms with Crippen molar-refractivity contribution in [1.82, 2.24) is 9.88 Å². The Labute approximate surface area is 183 Å². The minimum Gasteiger partial charge on any atom is -0.481 e. The van der Waals surface area contributed by atoms with Crippen LogP contribution in [0.25, 0.3) is 11.1 Å². The number of nitrogens with zero attached hydrogens (tertiary/aromatic N) is 2. The lowest BCUT2D eigenvalue weighted by Gasteiger charge is -2.30.